The van der Waals surface area contributed by atoms with Crippen molar-refractivity contribution in [2.75, 3.05) is 0 Å². The van der Waals surface area contributed by atoms with E-state index in [1.54, 1.807) is 11.3 Å². The molecule has 2 aromatic heterocycles. The predicted octanol–water partition coefficient (Wildman–Crippen LogP) is 3.77. The molecular weight excluding hydrogens is 264 g/mol. The average molecular weight is 277 g/mol. The van der Waals surface area contributed by atoms with Gasteiger partial charge in [-0.15, -0.1) is 23.7 Å². The fraction of sp³-hybridized carbons (Fsp3) is 0.0714. The van der Waals surface area contributed by atoms with Crippen LogP contribution in [-0.2, 0) is 0 Å². The quantitative estimate of drug-likeness (QED) is 0.774. The van der Waals surface area contributed by atoms with E-state index in [1.165, 1.54) is 4.88 Å². The molecule has 2 nitrogen and oxygen atoms in total. The van der Waals surface area contributed by atoms with Gasteiger partial charge in [0.1, 0.15) is 0 Å². The van der Waals surface area contributed by atoms with Crippen LogP contribution in [0, 0.1) is 0 Å². The van der Waals surface area contributed by atoms with Crippen LogP contribution >= 0.6 is 23.7 Å². The zero-order valence-corrected chi connectivity index (χ0v) is 11.2. The molecule has 0 radical (unpaired) electrons. The van der Waals surface area contributed by atoms with Crippen molar-refractivity contribution in [2.24, 2.45) is 5.73 Å². The topological polar surface area (TPSA) is 38.9 Å². The number of benzene rings is 1. The maximum Gasteiger partial charge on any atom is 0.0705 e. The Hall–Kier alpha value is -1.42. The number of pyridine rings is 1. The molecular formula is C14H13ClN2S. The second kappa shape index (κ2) is 5.48. The molecule has 2 heterocycles. The summed E-state index contributed by atoms with van der Waals surface area (Å²) in [5, 5.41) is 3.19. The Morgan fingerprint density at radius 1 is 1.06 bits per heavy atom. The molecule has 1 aromatic carbocycles. The summed E-state index contributed by atoms with van der Waals surface area (Å²) < 4.78 is 0. The Labute approximate surface area is 116 Å². The number of hydrogen-bond acceptors (Lipinski definition) is 3. The molecule has 0 aliphatic carbocycles. The molecule has 0 saturated heterocycles. The maximum absolute atomic E-state index is 6.31. The lowest BCUT2D eigenvalue weighted by Crippen LogP contribution is -2.10. The van der Waals surface area contributed by atoms with Gasteiger partial charge in [0.05, 0.1) is 11.6 Å². The fourth-order valence-electron chi connectivity index (χ4n) is 2.01. The lowest BCUT2D eigenvalue weighted by molar-refractivity contribution is 0.901. The molecule has 0 amide bonds. The number of nitrogens with two attached hydrogens (primary N) is 1. The first-order chi connectivity index (χ1) is 8.36. The highest BCUT2D eigenvalue weighted by Gasteiger charge is 2.12. The Balaban J connectivity index is 0.00000120. The highest BCUT2D eigenvalue weighted by molar-refractivity contribution is 7.10. The maximum atomic E-state index is 6.31. The molecule has 2 N–H and O–H groups in total. The summed E-state index contributed by atoms with van der Waals surface area (Å²) in [5.41, 5.74) is 8.44. The van der Waals surface area contributed by atoms with Crippen molar-refractivity contribution in [3.8, 4) is 0 Å². The molecule has 3 aromatic rings. The van der Waals surface area contributed by atoms with E-state index >= 15 is 0 Å². The third kappa shape index (κ3) is 2.25. The largest absolute Gasteiger partial charge is 0.320 e. The van der Waals surface area contributed by atoms with E-state index in [4.69, 9.17) is 5.73 Å². The normalized spacial score (nSPS) is 12.1. The van der Waals surface area contributed by atoms with E-state index in [2.05, 4.69) is 22.5 Å². The van der Waals surface area contributed by atoms with Gasteiger partial charge in [0.25, 0.3) is 0 Å². The van der Waals surface area contributed by atoms with Gasteiger partial charge in [-0.1, -0.05) is 24.3 Å². The number of fused-ring (bicyclic) bond motifs is 1. The van der Waals surface area contributed by atoms with Crippen molar-refractivity contribution < 1.29 is 0 Å². The Kier molecular flexibility index (Phi) is 3.97. The molecule has 0 unspecified atom stereocenters. The van der Waals surface area contributed by atoms with Gasteiger partial charge in [-0.25, -0.2) is 0 Å². The number of hydrogen-bond donors (Lipinski definition) is 1. The minimum absolute atomic E-state index is 0. The van der Waals surface area contributed by atoms with E-state index in [1.807, 2.05) is 36.5 Å². The molecule has 0 saturated carbocycles. The monoisotopic (exact) mass is 276 g/mol. The summed E-state index contributed by atoms with van der Waals surface area (Å²) in [6.07, 6.45) is 1.82. The van der Waals surface area contributed by atoms with Gasteiger partial charge in [0, 0.05) is 16.5 Å². The van der Waals surface area contributed by atoms with E-state index in [-0.39, 0.29) is 18.4 Å². The van der Waals surface area contributed by atoms with Crippen LogP contribution in [0.3, 0.4) is 0 Å². The van der Waals surface area contributed by atoms with Crippen LogP contribution in [-0.4, -0.2) is 4.98 Å². The van der Waals surface area contributed by atoms with Gasteiger partial charge in [-0.05, 0) is 29.1 Å². The zero-order valence-electron chi connectivity index (χ0n) is 9.61. The summed E-state index contributed by atoms with van der Waals surface area (Å²) in [4.78, 5) is 5.54. The third-order valence-electron chi connectivity index (χ3n) is 2.87. The van der Waals surface area contributed by atoms with E-state index in [9.17, 15) is 0 Å². The highest BCUT2D eigenvalue weighted by atomic mass is 35.5. The zero-order chi connectivity index (χ0) is 11.7. The molecule has 0 spiro atoms. The standard InChI is InChI=1S/C14H12N2S.ClH/c15-14(13-6-3-9-17-13)11-7-8-16-12-5-2-1-4-10(11)12;/h1-9,14H,15H2;1H/t14-;/m0./s1. The summed E-state index contributed by atoms with van der Waals surface area (Å²) >= 11 is 1.69. The Morgan fingerprint density at radius 3 is 2.67 bits per heavy atom. The van der Waals surface area contributed by atoms with Crippen molar-refractivity contribution in [3.63, 3.8) is 0 Å². The SMILES string of the molecule is Cl.N[C@H](c1cccs1)c1ccnc2ccccc12. The number of rotatable bonds is 2. The Bertz CT molecular complexity index is 632. The predicted molar refractivity (Wildman–Crippen MR) is 79.3 cm³/mol. The van der Waals surface area contributed by atoms with Crippen LogP contribution < -0.4 is 5.73 Å². The molecule has 18 heavy (non-hydrogen) atoms. The summed E-state index contributed by atoms with van der Waals surface area (Å²) in [6.45, 7) is 0. The van der Waals surface area contributed by atoms with Gasteiger partial charge in [0.2, 0.25) is 0 Å². The van der Waals surface area contributed by atoms with Crippen molar-refractivity contribution in [1.29, 1.82) is 0 Å². The fourth-order valence-corrected chi connectivity index (χ4v) is 2.76. The highest BCUT2D eigenvalue weighted by Crippen LogP contribution is 2.28. The van der Waals surface area contributed by atoms with Gasteiger partial charge in [-0.2, -0.15) is 0 Å². The van der Waals surface area contributed by atoms with E-state index in [0.717, 1.165) is 16.5 Å². The molecule has 4 heteroatoms. The van der Waals surface area contributed by atoms with Crippen molar-refractivity contribution in [2.45, 2.75) is 6.04 Å². The minimum atomic E-state index is -0.0668. The first-order valence-electron chi connectivity index (χ1n) is 5.49. The molecule has 1 atom stereocenters. The van der Waals surface area contributed by atoms with Crippen molar-refractivity contribution in [3.05, 3.63) is 64.5 Å². The van der Waals surface area contributed by atoms with Gasteiger partial charge in [-0.3, -0.25) is 4.98 Å². The Morgan fingerprint density at radius 2 is 1.89 bits per heavy atom. The third-order valence-corrected chi connectivity index (χ3v) is 3.82. The molecule has 0 bridgehead atoms. The van der Waals surface area contributed by atoms with Gasteiger partial charge < -0.3 is 5.73 Å². The van der Waals surface area contributed by atoms with Gasteiger partial charge >= 0.3 is 0 Å². The molecule has 0 aliphatic heterocycles. The van der Waals surface area contributed by atoms with Crippen molar-refractivity contribution >= 4 is 34.6 Å². The van der Waals surface area contributed by atoms with Crippen LogP contribution in [0.4, 0.5) is 0 Å². The number of para-hydroxylation sites is 1. The average Bonchev–Trinajstić information content (AvgIpc) is 2.91. The van der Waals surface area contributed by atoms with Crippen LogP contribution in [0.1, 0.15) is 16.5 Å². The lowest BCUT2D eigenvalue weighted by Gasteiger charge is -2.12. The van der Waals surface area contributed by atoms with Crippen LogP contribution in [0.15, 0.2) is 54.0 Å². The number of aromatic nitrogens is 1. The van der Waals surface area contributed by atoms with Crippen LogP contribution in [0.2, 0.25) is 0 Å². The van der Waals surface area contributed by atoms with E-state index in [0.29, 0.717) is 0 Å². The smallest absolute Gasteiger partial charge is 0.0705 e. The molecule has 3 rings (SSSR count). The summed E-state index contributed by atoms with van der Waals surface area (Å²) in [5.74, 6) is 0. The first kappa shape index (κ1) is 13.0. The number of thiophene rings is 1. The molecule has 0 fully saturated rings. The number of halogens is 1. The second-order valence-corrected chi connectivity index (χ2v) is 4.89. The lowest BCUT2D eigenvalue weighted by atomic mass is 10.0. The second-order valence-electron chi connectivity index (χ2n) is 3.91. The van der Waals surface area contributed by atoms with Crippen molar-refractivity contribution in [1.82, 2.24) is 4.98 Å². The van der Waals surface area contributed by atoms with E-state index < -0.39 is 0 Å². The minimum Gasteiger partial charge on any atom is -0.320 e. The first-order valence-corrected chi connectivity index (χ1v) is 6.37. The summed E-state index contributed by atoms with van der Waals surface area (Å²) in [6, 6.07) is 14.2. The molecule has 0 aliphatic rings. The van der Waals surface area contributed by atoms with Crippen LogP contribution in [0.25, 0.3) is 10.9 Å². The van der Waals surface area contributed by atoms with Gasteiger partial charge in [0.15, 0.2) is 0 Å². The number of nitrogens with zero attached hydrogens (tertiary/aromatic N) is 1. The van der Waals surface area contributed by atoms with Crippen LogP contribution in [0.5, 0.6) is 0 Å². The summed E-state index contributed by atoms with van der Waals surface area (Å²) in [7, 11) is 0. The molecule has 92 valence electrons.